The lowest BCUT2D eigenvalue weighted by Gasteiger charge is -2.32. The maximum absolute atomic E-state index is 13.3. The molecule has 3 heterocycles. The van der Waals surface area contributed by atoms with Crippen LogP contribution in [0.15, 0.2) is 47.8 Å². The van der Waals surface area contributed by atoms with Gasteiger partial charge in [0.05, 0.1) is 13.1 Å². The van der Waals surface area contributed by atoms with Crippen LogP contribution >= 0.6 is 11.3 Å². The predicted molar refractivity (Wildman–Crippen MR) is 123 cm³/mol. The zero-order valence-corrected chi connectivity index (χ0v) is 19.0. The number of carbonyl (C=O) groups is 3. The summed E-state index contributed by atoms with van der Waals surface area (Å²) in [6, 6.07) is 13.5. The number of nitrogens with zero attached hydrogens (tertiary/aromatic N) is 2. The minimum atomic E-state index is -0.943. The highest BCUT2D eigenvalue weighted by Crippen LogP contribution is 2.33. The maximum atomic E-state index is 13.3. The first-order chi connectivity index (χ1) is 15.4. The number of aryl methyl sites for hydroxylation is 2. The zero-order valence-electron chi connectivity index (χ0n) is 18.2. The minimum absolute atomic E-state index is 0.215. The van der Waals surface area contributed by atoms with Gasteiger partial charge in [-0.2, -0.15) is 0 Å². The van der Waals surface area contributed by atoms with E-state index in [1.807, 2.05) is 49.6 Å². The second-order valence-corrected chi connectivity index (χ2v) is 9.75. The standard InChI is InChI=1S/C25H25N3O3S/c1-16-12-21(17(2)27(16)14-20-8-5-11-32-20)22(29)15-28-23(30)25(26-24(28)31)10-9-18-6-3-4-7-19(18)13-25/h3-8,11-12H,9-10,13-15H2,1-2H3,(H,26,31)/t25-/m0/s1. The van der Waals surface area contributed by atoms with Gasteiger partial charge < -0.3 is 9.88 Å². The van der Waals surface area contributed by atoms with Crippen LogP contribution in [0.1, 0.15) is 44.2 Å². The van der Waals surface area contributed by atoms with Crippen molar-refractivity contribution < 1.29 is 14.4 Å². The van der Waals surface area contributed by atoms with Gasteiger partial charge in [-0.1, -0.05) is 30.3 Å². The Morgan fingerprint density at radius 3 is 2.66 bits per heavy atom. The molecule has 5 rings (SSSR count). The predicted octanol–water partition coefficient (Wildman–Crippen LogP) is 3.88. The topological polar surface area (TPSA) is 71.4 Å². The van der Waals surface area contributed by atoms with E-state index in [9.17, 15) is 14.4 Å². The molecule has 0 unspecified atom stereocenters. The van der Waals surface area contributed by atoms with Crippen molar-refractivity contribution in [1.29, 1.82) is 0 Å². The highest BCUT2D eigenvalue weighted by atomic mass is 32.1. The van der Waals surface area contributed by atoms with Gasteiger partial charge in [0.2, 0.25) is 0 Å². The van der Waals surface area contributed by atoms with Crippen molar-refractivity contribution in [2.24, 2.45) is 0 Å². The Balaban J connectivity index is 1.35. The summed E-state index contributed by atoms with van der Waals surface area (Å²) in [6.45, 7) is 4.35. The van der Waals surface area contributed by atoms with Crippen molar-refractivity contribution in [1.82, 2.24) is 14.8 Å². The van der Waals surface area contributed by atoms with Gasteiger partial charge in [0.1, 0.15) is 5.54 Å². The van der Waals surface area contributed by atoms with Gasteiger partial charge in [-0.25, -0.2) is 4.79 Å². The fourth-order valence-electron chi connectivity index (χ4n) is 4.96. The van der Waals surface area contributed by atoms with Gasteiger partial charge in [-0.15, -0.1) is 11.3 Å². The number of fused-ring (bicyclic) bond motifs is 1. The number of aromatic nitrogens is 1. The number of hydrogen-bond acceptors (Lipinski definition) is 4. The molecule has 0 radical (unpaired) electrons. The number of hydrogen-bond donors (Lipinski definition) is 1. The molecule has 1 saturated heterocycles. The van der Waals surface area contributed by atoms with E-state index < -0.39 is 11.6 Å². The van der Waals surface area contributed by atoms with E-state index in [0.29, 0.717) is 24.9 Å². The molecule has 2 aromatic heterocycles. The lowest BCUT2D eigenvalue weighted by molar-refractivity contribution is -0.131. The van der Waals surface area contributed by atoms with E-state index in [0.717, 1.165) is 28.3 Å². The first kappa shape index (κ1) is 20.7. The summed E-state index contributed by atoms with van der Waals surface area (Å²) in [5.41, 5.74) is 3.76. The molecule has 1 aliphatic carbocycles. The number of ketones is 1. The van der Waals surface area contributed by atoms with E-state index in [1.54, 1.807) is 11.3 Å². The molecule has 1 fully saturated rings. The van der Waals surface area contributed by atoms with Gasteiger partial charge in [-0.3, -0.25) is 14.5 Å². The molecule has 164 valence electrons. The Hall–Kier alpha value is -3.19. The number of thiophene rings is 1. The van der Waals surface area contributed by atoms with Crippen LogP contribution in [0.4, 0.5) is 4.79 Å². The van der Waals surface area contributed by atoms with Crippen LogP contribution in [0.3, 0.4) is 0 Å². The van der Waals surface area contributed by atoms with Crippen molar-refractivity contribution in [3.63, 3.8) is 0 Å². The average Bonchev–Trinajstić information content (AvgIpc) is 3.45. The molecule has 1 aliphatic heterocycles. The van der Waals surface area contributed by atoms with Gasteiger partial charge in [0, 0.05) is 28.2 Å². The van der Waals surface area contributed by atoms with Gasteiger partial charge in [-0.05, 0) is 55.3 Å². The summed E-state index contributed by atoms with van der Waals surface area (Å²) in [5.74, 6) is -0.509. The number of carbonyl (C=O) groups excluding carboxylic acids is 3. The monoisotopic (exact) mass is 447 g/mol. The third-order valence-electron chi connectivity index (χ3n) is 6.75. The number of urea groups is 1. The highest BCUT2D eigenvalue weighted by Gasteiger charge is 2.52. The van der Waals surface area contributed by atoms with Gasteiger partial charge >= 0.3 is 6.03 Å². The summed E-state index contributed by atoms with van der Waals surface area (Å²) < 4.78 is 2.10. The molecule has 2 aliphatic rings. The minimum Gasteiger partial charge on any atom is -0.343 e. The molecular weight excluding hydrogens is 422 g/mol. The second-order valence-electron chi connectivity index (χ2n) is 8.72. The maximum Gasteiger partial charge on any atom is 0.325 e. The molecule has 6 nitrogen and oxygen atoms in total. The Morgan fingerprint density at radius 1 is 1.12 bits per heavy atom. The van der Waals surface area contributed by atoms with E-state index in [1.165, 1.54) is 10.4 Å². The largest absolute Gasteiger partial charge is 0.343 e. The molecular formula is C25H25N3O3S. The molecule has 3 amide bonds. The smallest absolute Gasteiger partial charge is 0.325 e. The number of amides is 3. The zero-order chi connectivity index (χ0) is 22.5. The van der Waals surface area contributed by atoms with Gasteiger partial charge in [0.15, 0.2) is 5.78 Å². The van der Waals surface area contributed by atoms with Crippen molar-refractivity contribution in [3.8, 4) is 0 Å². The molecule has 1 spiro atoms. The quantitative estimate of drug-likeness (QED) is 0.477. The molecule has 7 heteroatoms. The summed E-state index contributed by atoms with van der Waals surface area (Å²) in [7, 11) is 0. The van der Waals surface area contributed by atoms with Crippen LogP contribution in [0.2, 0.25) is 0 Å². The van der Waals surface area contributed by atoms with E-state index in [4.69, 9.17) is 0 Å². The summed E-state index contributed by atoms with van der Waals surface area (Å²) >= 11 is 1.68. The molecule has 1 N–H and O–H groups in total. The normalized spacial score (nSPS) is 20.0. The van der Waals surface area contributed by atoms with Crippen LogP contribution in [-0.2, 0) is 24.2 Å². The summed E-state index contributed by atoms with van der Waals surface area (Å²) in [4.78, 5) is 41.5. The van der Waals surface area contributed by atoms with E-state index in [2.05, 4.69) is 22.0 Å². The Labute approximate surface area is 190 Å². The van der Waals surface area contributed by atoms with E-state index in [-0.39, 0.29) is 18.2 Å². The number of benzene rings is 1. The number of nitrogens with one attached hydrogen (secondary N) is 1. The molecule has 1 aromatic carbocycles. The third kappa shape index (κ3) is 3.37. The Bertz CT molecular complexity index is 1230. The SMILES string of the molecule is Cc1cc(C(=O)CN2C(=O)N[C@]3(CCc4ccccc4C3)C2=O)c(C)n1Cc1cccs1. The summed E-state index contributed by atoms with van der Waals surface area (Å²) in [5, 5.41) is 4.94. The average molecular weight is 448 g/mol. The lowest BCUT2D eigenvalue weighted by Crippen LogP contribution is -2.51. The Kier molecular flexibility index (Phi) is 5.01. The fraction of sp³-hybridized carbons (Fsp3) is 0.320. The van der Waals surface area contributed by atoms with Crippen LogP contribution in [0.25, 0.3) is 0 Å². The number of imide groups is 1. The van der Waals surface area contributed by atoms with Crippen molar-refractivity contribution in [2.75, 3.05) is 6.54 Å². The molecule has 3 aromatic rings. The third-order valence-corrected chi connectivity index (χ3v) is 7.61. The summed E-state index contributed by atoms with van der Waals surface area (Å²) in [6.07, 6.45) is 1.75. The number of Topliss-reactive ketones (excluding diaryl/α,β-unsaturated/α-hetero) is 1. The number of rotatable bonds is 5. The fourth-order valence-corrected chi connectivity index (χ4v) is 5.65. The van der Waals surface area contributed by atoms with Crippen LogP contribution in [0, 0.1) is 13.8 Å². The van der Waals surface area contributed by atoms with Gasteiger partial charge in [0.25, 0.3) is 5.91 Å². The van der Waals surface area contributed by atoms with Crippen LogP contribution in [-0.4, -0.2) is 39.3 Å². The first-order valence-electron chi connectivity index (χ1n) is 10.8. The van der Waals surface area contributed by atoms with E-state index >= 15 is 0 Å². The Morgan fingerprint density at radius 2 is 1.91 bits per heavy atom. The highest BCUT2D eigenvalue weighted by molar-refractivity contribution is 7.09. The van der Waals surface area contributed by atoms with Crippen LogP contribution < -0.4 is 5.32 Å². The molecule has 0 bridgehead atoms. The molecule has 0 saturated carbocycles. The van der Waals surface area contributed by atoms with Crippen LogP contribution in [0.5, 0.6) is 0 Å². The van der Waals surface area contributed by atoms with Crippen molar-refractivity contribution in [3.05, 3.63) is 80.8 Å². The van der Waals surface area contributed by atoms with Crippen molar-refractivity contribution >= 4 is 29.1 Å². The molecule has 32 heavy (non-hydrogen) atoms. The first-order valence-corrected chi connectivity index (χ1v) is 11.7. The van der Waals surface area contributed by atoms with Crippen molar-refractivity contribution in [2.45, 2.75) is 45.2 Å². The molecule has 1 atom stereocenters. The second kappa shape index (κ2) is 7.74. The lowest BCUT2D eigenvalue weighted by atomic mass is 9.78.